The van der Waals surface area contributed by atoms with Crippen molar-refractivity contribution in [3.05, 3.63) is 195 Å². The lowest BCUT2D eigenvalue weighted by atomic mass is 9.79. The van der Waals surface area contributed by atoms with E-state index in [0.29, 0.717) is 5.46 Å². The number of thiophene rings is 2. The lowest BCUT2D eigenvalue weighted by molar-refractivity contribution is 0.426. The second-order valence-electron chi connectivity index (χ2n) is 13.1. The SMILES string of the molecule is Brc1cccc(-c2cccc(-c3cccc4c3sc3ccccc34)c2)c1.Brc1cccc(I)c1.OB(O)c1cccc(-c2cccc3c2sc2ccccc23)c1. The van der Waals surface area contributed by atoms with Crippen molar-refractivity contribution in [3.63, 3.8) is 0 Å². The highest BCUT2D eigenvalue weighted by Gasteiger charge is 2.14. The van der Waals surface area contributed by atoms with Gasteiger partial charge >= 0.3 is 7.12 Å². The predicted molar refractivity (Wildman–Crippen MR) is 259 cm³/mol. The molecule has 0 radical (unpaired) electrons. The van der Waals surface area contributed by atoms with E-state index < -0.39 is 7.12 Å². The van der Waals surface area contributed by atoms with Gasteiger partial charge in [0.1, 0.15) is 0 Å². The third-order valence-corrected chi connectivity index (χ3v) is 13.5. The van der Waals surface area contributed by atoms with Crippen LogP contribution >= 0.6 is 77.1 Å². The van der Waals surface area contributed by atoms with E-state index in [9.17, 15) is 10.0 Å². The second-order valence-corrected chi connectivity index (χ2v) is 18.3. The Morgan fingerprint density at radius 1 is 0.411 bits per heavy atom. The predicted octanol–water partition coefficient (Wildman–Crippen LogP) is 14.6. The van der Waals surface area contributed by atoms with Gasteiger partial charge in [0.05, 0.1) is 0 Å². The van der Waals surface area contributed by atoms with E-state index in [4.69, 9.17) is 0 Å². The van der Waals surface area contributed by atoms with Gasteiger partial charge in [0.25, 0.3) is 0 Å². The Morgan fingerprint density at radius 2 is 0.857 bits per heavy atom. The molecule has 10 rings (SSSR count). The van der Waals surface area contributed by atoms with Crippen LogP contribution in [0.1, 0.15) is 0 Å². The van der Waals surface area contributed by atoms with Crippen LogP contribution in [0.15, 0.2) is 191 Å². The molecule has 0 saturated heterocycles. The first-order chi connectivity index (χ1) is 27.3. The summed E-state index contributed by atoms with van der Waals surface area (Å²) in [6, 6.07) is 62.9. The topological polar surface area (TPSA) is 40.5 Å². The molecular weight excluding hydrogens is 970 g/mol. The summed E-state index contributed by atoms with van der Waals surface area (Å²) in [5, 5.41) is 24.0. The highest BCUT2D eigenvalue weighted by atomic mass is 127. The van der Waals surface area contributed by atoms with Gasteiger partial charge in [0.2, 0.25) is 0 Å². The van der Waals surface area contributed by atoms with E-state index in [2.05, 4.69) is 200 Å². The largest absolute Gasteiger partial charge is 0.488 e. The van der Waals surface area contributed by atoms with Gasteiger partial charge in [-0.25, -0.2) is 0 Å². The summed E-state index contributed by atoms with van der Waals surface area (Å²) in [7, 11) is -1.44. The first-order valence-electron chi connectivity index (χ1n) is 17.9. The Kier molecular flexibility index (Phi) is 12.2. The zero-order valence-electron chi connectivity index (χ0n) is 29.7. The van der Waals surface area contributed by atoms with Crippen molar-refractivity contribution in [2.24, 2.45) is 0 Å². The fourth-order valence-corrected chi connectivity index (χ4v) is 11.1. The summed E-state index contributed by atoms with van der Waals surface area (Å²) in [4.78, 5) is 0. The van der Waals surface area contributed by atoms with Gasteiger partial charge in [-0.15, -0.1) is 22.7 Å². The first kappa shape index (κ1) is 38.7. The van der Waals surface area contributed by atoms with Crippen LogP contribution in [0.5, 0.6) is 0 Å². The van der Waals surface area contributed by atoms with Crippen LogP contribution in [0.25, 0.3) is 73.7 Å². The Balaban J connectivity index is 0.000000133. The minimum Gasteiger partial charge on any atom is -0.423 e. The van der Waals surface area contributed by atoms with Gasteiger partial charge in [-0.2, -0.15) is 0 Å². The molecule has 2 heterocycles. The maximum Gasteiger partial charge on any atom is 0.488 e. The number of hydrogen-bond acceptors (Lipinski definition) is 4. The summed E-state index contributed by atoms with van der Waals surface area (Å²) in [5.74, 6) is 0. The van der Waals surface area contributed by atoms with Crippen molar-refractivity contribution in [1.82, 2.24) is 0 Å². The quantitative estimate of drug-likeness (QED) is 0.136. The van der Waals surface area contributed by atoms with Gasteiger partial charge in [0, 0.05) is 52.9 Å². The maximum absolute atomic E-state index is 9.38. The van der Waals surface area contributed by atoms with Crippen molar-refractivity contribution < 1.29 is 10.0 Å². The van der Waals surface area contributed by atoms with E-state index >= 15 is 0 Å². The molecule has 0 unspecified atom stereocenters. The molecule has 0 spiro atoms. The van der Waals surface area contributed by atoms with Crippen molar-refractivity contribution >= 4 is 130 Å². The number of halogens is 3. The molecule has 56 heavy (non-hydrogen) atoms. The number of benzene rings is 8. The van der Waals surface area contributed by atoms with Gasteiger partial charge < -0.3 is 10.0 Å². The molecule has 272 valence electrons. The minimum atomic E-state index is -1.44. The highest BCUT2D eigenvalue weighted by Crippen LogP contribution is 2.41. The number of fused-ring (bicyclic) bond motifs is 6. The number of rotatable bonds is 4. The third-order valence-electron chi connectivity index (χ3n) is 9.42. The molecule has 2 N–H and O–H groups in total. The maximum atomic E-state index is 9.38. The molecule has 10 aromatic rings. The third kappa shape index (κ3) is 8.57. The van der Waals surface area contributed by atoms with Crippen molar-refractivity contribution in [2.45, 2.75) is 0 Å². The first-order valence-corrected chi connectivity index (χ1v) is 22.2. The molecule has 2 aromatic heterocycles. The molecule has 8 aromatic carbocycles. The van der Waals surface area contributed by atoms with E-state index in [1.165, 1.54) is 66.2 Å². The van der Waals surface area contributed by atoms with Crippen LogP contribution in [-0.2, 0) is 0 Å². The van der Waals surface area contributed by atoms with Crippen LogP contribution in [0.2, 0.25) is 0 Å². The molecule has 0 aliphatic heterocycles. The smallest absolute Gasteiger partial charge is 0.423 e. The van der Waals surface area contributed by atoms with Crippen molar-refractivity contribution in [3.8, 4) is 33.4 Å². The Morgan fingerprint density at radius 3 is 1.39 bits per heavy atom. The molecule has 0 aliphatic carbocycles. The average molecular weight is 1000 g/mol. The van der Waals surface area contributed by atoms with Crippen molar-refractivity contribution in [2.75, 3.05) is 0 Å². The molecule has 0 atom stereocenters. The Hall–Kier alpha value is -4.13. The highest BCUT2D eigenvalue weighted by molar-refractivity contribution is 14.1. The van der Waals surface area contributed by atoms with Gasteiger partial charge in [-0.1, -0.05) is 165 Å². The molecular formula is C48H32BBr2IO2S2. The minimum absolute atomic E-state index is 0.510. The molecule has 0 fully saturated rings. The Labute approximate surface area is 364 Å². The van der Waals surface area contributed by atoms with Crippen LogP contribution < -0.4 is 5.46 Å². The molecule has 0 aliphatic rings. The van der Waals surface area contributed by atoms with E-state index in [1.54, 1.807) is 17.4 Å². The second kappa shape index (κ2) is 17.6. The van der Waals surface area contributed by atoms with Crippen LogP contribution in [0.3, 0.4) is 0 Å². The summed E-state index contributed by atoms with van der Waals surface area (Å²) in [5.41, 5.74) is 7.67. The zero-order valence-corrected chi connectivity index (χ0v) is 36.7. The van der Waals surface area contributed by atoms with Crippen LogP contribution in [0.4, 0.5) is 0 Å². The average Bonchev–Trinajstić information content (AvgIpc) is 3.80. The summed E-state index contributed by atoms with van der Waals surface area (Å²) >= 11 is 12.9. The zero-order chi connectivity index (χ0) is 38.6. The summed E-state index contributed by atoms with van der Waals surface area (Å²) in [6.07, 6.45) is 0. The molecule has 0 saturated carbocycles. The monoisotopic (exact) mass is 1000 g/mol. The van der Waals surface area contributed by atoms with Crippen molar-refractivity contribution in [1.29, 1.82) is 0 Å². The van der Waals surface area contributed by atoms with Crippen LogP contribution in [0, 0.1) is 3.57 Å². The fraction of sp³-hybridized carbons (Fsp3) is 0. The molecule has 0 bridgehead atoms. The van der Waals surface area contributed by atoms with Gasteiger partial charge in [0.15, 0.2) is 0 Å². The lowest BCUT2D eigenvalue weighted by Crippen LogP contribution is -2.29. The van der Waals surface area contributed by atoms with Crippen LogP contribution in [-0.4, -0.2) is 17.2 Å². The van der Waals surface area contributed by atoms with Gasteiger partial charge in [-0.3, -0.25) is 0 Å². The lowest BCUT2D eigenvalue weighted by Gasteiger charge is -2.08. The number of hydrogen-bond donors (Lipinski definition) is 2. The van der Waals surface area contributed by atoms with E-state index in [-0.39, 0.29) is 0 Å². The molecule has 8 heteroatoms. The normalized spacial score (nSPS) is 10.9. The van der Waals surface area contributed by atoms with Gasteiger partial charge in [-0.05, 0) is 110 Å². The standard InChI is InChI=1S/C24H15BrS.C18H13BO2S.C6H4BrI/c25-19-9-4-7-17(15-19)16-6-3-8-18(14-16)20-11-5-12-22-21-10-1-2-13-23(21)26-24(20)22;20-19(21)13-6-3-5-12(11-13)14-8-4-9-16-15-7-1-2-10-17(15)22-18(14)16;7-5-2-1-3-6(8)4-5/h1-15H;1-11,20-21H;1-4H. The fourth-order valence-electron chi connectivity index (χ4n) is 6.81. The Bertz CT molecular complexity index is 2960. The summed E-state index contributed by atoms with van der Waals surface area (Å²) in [6.45, 7) is 0. The molecule has 2 nitrogen and oxygen atoms in total. The van der Waals surface area contributed by atoms with E-state index in [1.807, 2.05) is 41.7 Å². The summed E-state index contributed by atoms with van der Waals surface area (Å²) < 4.78 is 8.71. The molecule has 0 amide bonds. The van der Waals surface area contributed by atoms with E-state index in [0.717, 1.165) is 20.1 Å².